The van der Waals surface area contributed by atoms with Crippen LogP contribution in [-0.2, 0) is 0 Å². The highest BCUT2D eigenvalue weighted by atomic mass is 35.5. The van der Waals surface area contributed by atoms with Gasteiger partial charge in [-0.3, -0.25) is 0 Å². The van der Waals surface area contributed by atoms with E-state index in [2.05, 4.69) is 30.7 Å². The topological polar surface area (TPSA) is 66.0 Å². The molecule has 0 saturated heterocycles. The Morgan fingerprint density at radius 1 is 1.23 bits per heavy atom. The average molecular weight is 341 g/mol. The summed E-state index contributed by atoms with van der Waals surface area (Å²) >= 11 is 12.1. The van der Waals surface area contributed by atoms with Crippen molar-refractivity contribution in [2.75, 3.05) is 37.8 Å². The quantitative estimate of drug-likeness (QED) is 0.754. The van der Waals surface area contributed by atoms with E-state index in [-0.39, 0.29) is 0 Å². The lowest BCUT2D eigenvalue weighted by molar-refractivity contribution is 0.405. The van der Waals surface area contributed by atoms with Crippen LogP contribution >= 0.6 is 23.2 Å². The molecule has 2 aromatic rings. The Hall–Kier alpha value is -1.63. The number of anilines is 3. The Balaban J connectivity index is 1.97. The maximum Gasteiger partial charge on any atom is 0.244 e. The molecule has 2 rings (SSSR count). The standard InChI is InChI=1S/C14H18Cl2N6/c1-22(2)7-3-6-17-14-20-13(9-18-21-14)19-12-8-10(15)4-5-11(12)16/h4-5,8-9H,3,6-7H2,1-2H3,(H2,17,19,20,21). The van der Waals surface area contributed by atoms with Crippen molar-refractivity contribution in [1.29, 1.82) is 0 Å². The second-order valence-corrected chi connectivity index (χ2v) is 5.84. The summed E-state index contributed by atoms with van der Waals surface area (Å²) in [5.41, 5.74) is 0.674. The van der Waals surface area contributed by atoms with E-state index in [1.165, 1.54) is 6.20 Å². The normalized spacial score (nSPS) is 10.8. The average Bonchev–Trinajstić information content (AvgIpc) is 2.48. The van der Waals surface area contributed by atoms with Crippen LogP contribution in [0.1, 0.15) is 6.42 Å². The van der Waals surface area contributed by atoms with Gasteiger partial charge in [0.05, 0.1) is 16.9 Å². The number of hydrogen-bond acceptors (Lipinski definition) is 6. The summed E-state index contributed by atoms with van der Waals surface area (Å²) in [5.74, 6) is 1.02. The number of aromatic nitrogens is 3. The van der Waals surface area contributed by atoms with Crippen molar-refractivity contribution in [3.05, 3.63) is 34.4 Å². The molecule has 0 amide bonds. The molecule has 0 aliphatic carbocycles. The minimum atomic E-state index is 0.474. The Labute approximate surface area is 139 Å². The molecule has 6 nitrogen and oxygen atoms in total. The zero-order chi connectivity index (χ0) is 15.9. The van der Waals surface area contributed by atoms with Gasteiger partial charge in [0.25, 0.3) is 0 Å². The van der Waals surface area contributed by atoms with E-state index in [0.29, 0.717) is 27.5 Å². The summed E-state index contributed by atoms with van der Waals surface area (Å²) in [4.78, 5) is 6.47. The van der Waals surface area contributed by atoms with Crippen LogP contribution in [0, 0.1) is 0 Å². The van der Waals surface area contributed by atoms with E-state index in [0.717, 1.165) is 19.5 Å². The van der Waals surface area contributed by atoms with Gasteiger partial charge in [0.2, 0.25) is 5.95 Å². The van der Waals surface area contributed by atoms with Crippen LogP contribution in [-0.4, -0.2) is 47.3 Å². The second kappa shape index (κ2) is 8.12. The lowest BCUT2D eigenvalue weighted by Crippen LogP contribution is -2.17. The van der Waals surface area contributed by atoms with Gasteiger partial charge in [0.15, 0.2) is 5.82 Å². The Morgan fingerprint density at radius 3 is 2.82 bits per heavy atom. The van der Waals surface area contributed by atoms with Gasteiger partial charge in [-0.1, -0.05) is 23.2 Å². The molecular formula is C14H18Cl2N6. The largest absolute Gasteiger partial charge is 0.353 e. The van der Waals surface area contributed by atoms with E-state index in [4.69, 9.17) is 23.2 Å². The van der Waals surface area contributed by atoms with E-state index in [9.17, 15) is 0 Å². The molecule has 0 atom stereocenters. The molecule has 0 aliphatic rings. The van der Waals surface area contributed by atoms with Crippen LogP contribution in [0.25, 0.3) is 0 Å². The van der Waals surface area contributed by atoms with Crippen molar-refractivity contribution in [2.24, 2.45) is 0 Å². The summed E-state index contributed by atoms with van der Waals surface area (Å²) in [7, 11) is 4.08. The van der Waals surface area contributed by atoms with E-state index < -0.39 is 0 Å². The third-order valence-corrected chi connectivity index (χ3v) is 3.38. The van der Waals surface area contributed by atoms with Crippen molar-refractivity contribution in [3.8, 4) is 0 Å². The fourth-order valence-electron chi connectivity index (χ4n) is 1.77. The summed E-state index contributed by atoms with van der Waals surface area (Å²) in [5, 5.41) is 15.3. The number of halogens is 2. The minimum absolute atomic E-state index is 0.474. The minimum Gasteiger partial charge on any atom is -0.353 e. The van der Waals surface area contributed by atoms with E-state index in [1.807, 2.05) is 14.1 Å². The summed E-state index contributed by atoms with van der Waals surface area (Å²) in [6.07, 6.45) is 2.52. The van der Waals surface area contributed by atoms with Crippen molar-refractivity contribution in [3.63, 3.8) is 0 Å². The van der Waals surface area contributed by atoms with Gasteiger partial charge in [0, 0.05) is 11.6 Å². The molecule has 22 heavy (non-hydrogen) atoms. The molecule has 2 N–H and O–H groups in total. The van der Waals surface area contributed by atoms with Crippen LogP contribution < -0.4 is 10.6 Å². The van der Waals surface area contributed by atoms with Crippen LogP contribution in [0.15, 0.2) is 24.4 Å². The molecule has 1 aromatic heterocycles. The van der Waals surface area contributed by atoms with Gasteiger partial charge in [-0.15, -0.1) is 5.10 Å². The van der Waals surface area contributed by atoms with Crippen molar-refractivity contribution >= 4 is 40.7 Å². The van der Waals surface area contributed by atoms with Gasteiger partial charge in [-0.05, 0) is 45.3 Å². The maximum absolute atomic E-state index is 6.11. The molecule has 1 aromatic carbocycles. The number of hydrogen-bond donors (Lipinski definition) is 2. The molecule has 0 spiro atoms. The van der Waals surface area contributed by atoms with Gasteiger partial charge >= 0.3 is 0 Å². The number of nitrogens with one attached hydrogen (secondary N) is 2. The van der Waals surface area contributed by atoms with Gasteiger partial charge in [0.1, 0.15) is 0 Å². The molecule has 0 saturated carbocycles. The van der Waals surface area contributed by atoms with Crippen LogP contribution in [0.5, 0.6) is 0 Å². The molecule has 1 heterocycles. The van der Waals surface area contributed by atoms with Crippen LogP contribution in [0.3, 0.4) is 0 Å². The Morgan fingerprint density at radius 2 is 2.05 bits per heavy atom. The van der Waals surface area contributed by atoms with Crippen LogP contribution in [0.2, 0.25) is 10.0 Å². The lowest BCUT2D eigenvalue weighted by Gasteiger charge is -2.11. The fraction of sp³-hybridized carbons (Fsp3) is 0.357. The molecule has 0 bridgehead atoms. The molecule has 0 unspecified atom stereocenters. The molecule has 0 aliphatic heterocycles. The SMILES string of the molecule is CN(C)CCCNc1nncc(Nc2cc(Cl)ccc2Cl)n1. The Kier molecular flexibility index (Phi) is 6.18. The van der Waals surface area contributed by atoms with Crippen molar-refractivity contribution in [1.82, 2.24) is 20.1 Å². The molecule has 0 fully saturated rings. The smallest absolute Gasteiger partial charge is 0.244 e. The number of rotatable bonds is 7. The monoisotopic (exact) mass is 340 g/mol. The predicted molar refractivity (Wildman–Crippen MR) is 91.2 cm³/mol. The highest BCUT2D eigenvalue weighted by Crippen LogP contribution is 2.27. The summed E-state index contributed by atoms with van der Waals surface area (Å²) in [6.45, 7) is 1.78. The molecule has 0 radical (unpaired) electrons. The summed E-state index contributed by atoms with van der Waals surface area (Å²) < 4.78 is 0. The van der Waals surface area contributed by atoms with Crippen molar-refractivity contribution in [2.45, 2.75) is 6.42 Å². The van der Waals surface area contributed by atoms with Gasteiger partial charge < -0.3 is 15.5 Å². The Bertz CT molecular complexity index is 620. The molecular weight excluding hydrogens is 323 g/mol. The summed E-state index contributed by atoms with van der Waals surface area (Å²) in [6, 6.07) is 5.18. The van der Waals surface area contributed by atoms with Gasteiger partial charge in [-0.25, -0.2) is 0 Å². The highest BCUT2D eigenvalue weighted by molar-refractivity contribution is 6.35. The number of nitrogens with zero attached hydrogens (tertiary/aromatic N) is 4. The first-order valence-corrected chi connectivity index (χ1v) is 7.60. The zero-order valence-electron chi connectivity index (χ0n) is 12.5. The first-order chi connectivity index (χ1) is 10.5. The van der Waals surface area contributed by atoms with E-state index >= 15 is 0 Å². The highest BCUT2D eigenvalue weighted by Gasteiger charge is 2.05. The van der Waals surface area contributed by atoms with E-state index in [1.54, 1.807) is 18.2 Å². The first-order valence-electron chi connectivity index (χ1n) is 6.85. The second-order valence-electron chi connectivity index (χ2n) is 5.00. The first kappa shape index (κ1) is 16.7. The lowest BCUT2D eigenvalue weighted by atomic mass is 10.3. The predicted octanol–water partition coefficient (Wildman–Crippen LogP) is 3.29. The zero-order valence-corrected chi connectivity index (χ0v) is 14.0. The number of benzene rings is 1. The maximum atomic E-state index is 6.11. The van der Waals surface area contributed by atoms with Crippen LogP contribution in [0.4, 0.5) is 17.5 Å². The molecule has 8 heteroatoms. The van der Waals surface area contributed by atoms with Crippen molar-refractivity contribution < 1.29 is 0 Å². The van der Waals surface area contributed by atoms with Gasteiger partial charge in [-0.2, -0.15) is 10.1 Å². The third-order valence-electron chi connectivity index (χ3n) is 2.82. The fourth-order valence-corrected chi connectivity index (χ4v) is 2.10. The molecule has 118 valence electrons. The third kappa shape index (κ3) is 5.29.